The van der Waals surface area contributed by atoms with Crippen molar-refractivity contribution in [3.8, 4) is 62.1 Å². The Morgan fingerprint density at radius 1 is 0.328 bits per heavy atom. The van der Waals surface area contributed by atoms with Crippen molar-refractivity contribution < 1.29 is 9.47 Å². The lowest BCUT2D eigenvalue weighted by Gasteiger charge is -2.26. The zero-order chi connectivity index (χ0) is 38.4. The normalized spacial score (nSPS) is 11.7. The van der Waals surface area contributed by atoms with E-state index in [1.165, 1.54) is 22.3 Å². The molecule has 0 N–H and O–H groups in total. The summed E-state index contributed by atoms with van der Waals surface area (Å²) in [5.41, 5.74) is 13.4. The van der Waals surface area contributed by atoms with Crippen LogP contribution in [0.3, 0.4) is 0 Å². The van der Waals surface area contributed by atoms with Gasteiger partial charge in [-0.3, -0.25) is 0 Å². The molecule has 0 bridgehead atoms. The van der Waals surface area contributed by atoms with E-state index in [1.807, 2.05) is 36.4 Å². The SMILES string of the molecule is c1ccc(-c2ccc(N(c3ccc(-c4ccccc4)cc3)c3ccc(-c4ccc5c(c4)c4ccc6c(c4n5-c4ccccc4)Oc4ccccc4O6)cc3)cc2)cc1. The molecular formula is C54H36N2O2. The molecule has 0 fully saturated rings. The second-order valence-corrected chi connectivity index (χ2v) is 14.6. The number of para-hydroxylation sites is 3. The number of anilines is 3. The first-order valence-corrected chi connectivity index (χ1v) is 19.6. The van der Waals surface area contributed by atoms with E-state index in [9.17, 15) is 0 Å². The topological polar surface area (TPSA) is 26.6 Å². The lowest BCUT2D eigenvalue weighted by Crippen LogP contribution is -2.09. The van der Waals surface area contributed by atoms with Crippen molar-refractivity contribution in [2.75, 3.05) is 4.90 Å². The maximum absolute atomic E-state index is 6.61. The van der Waals surface area contributed by atoms with Gasteiger partial charge < -0.3 is 18.9 Å². The van der Waals surface area contributed by atoms with Crippen molar-refractivity contribution in [3.63, 3.8) is 0 Å². The Bertz CT molecular complexity index is 2980. The van der Waals surface area contributed by atoms with Crippen LogP contribution in [-0.2, 0) is 0 Å². The Labute approximate surface area is 337 Å². The molecule has 274 valence electrons. The van der Waals surface area contributed by atoms with Crippen LogP contribution >= 0.6 is 0 Å². The quantitative estimate of drug-likeness (QED) is 0.163. The molecule has 11 rings (SSSR count). The number of benzene rings is 9. The van der Waals surface area contributed by atoms with Crippen LogP contribution in [0.5, 0.6) is 23.0 Å². The van der Waals surface area contributed by atoms with Gasteiger partial charge >= 0.3 is 0 Å². The van der Waals surface area contributed by atoms with E-state index in [4.69, 9.17) is 9.47 Å². The van der Waals surface area contributed by atoms with E-state index in [-0.39, 0.29) is 0 Å². The molecule has 0 aliphatic carbocycles. The number of aromatic nitrogens is 1. The number of hydrogen-bond donors (Lipinski definition) is 0. The molecule has 1 aromatic heterocycles. The molecule has 0 amide bonds. The molecule has 4 nitrogen and oxygen atoms in total. The summed E-state index contributed by atoms with van der Waals surface area (Å²) in [7, 11) is 0. The summed E-state index contributed by atoms with van der Waals surface area (Å²) in [6, 6.07) is 76.9. The van der Waals surface area contributed by atoms with Crippen molar-refractivity contribution in [1.82, 2.24) is 4.57 Å². The average Bonchev–Trinajstić information content (AvgIpc) is 3.64. The van der Waals surface area contributed by atoms with Gasteiger partial charge in [-0.05, 0) is 118 Å². The highest BCUT2D eigenvalue weighted by atomic mass is 16.6. The van der Waals surface area contributed by atoms with E-state index in [1.54, 1.807) is 0 Å². The molecule has 0 radical (unpaired) electrons. The maximum atomic E-state index is 6.61. The van der Waals surface area contributed by atoms with Crippen molar-refractivity contribution >= 4 is 38.9 Å². The summed E-state index contributed by atoms with van der Waals surface area (Å²) in [5, 5.41) is 2.24. The minimum absolute atomic E-state index is 0.705. The standard InChI is InChI=1S/C54H36N2O2/c1-4-12-37(13-5-1)39-20-27-44(28-21-39)55(45-29-22-40(23-30-45)38-14-6-2-7-15-38)46-31-24-41(25-32-46)42-26-34-49-48(36-42)47-33-35-52-54(58-51-19-11-10-18-50(51)57-52)53(47)56(49)43-16-8-3-9-17-43/h1-36H. The van der Waals surface area contributed by atoms with Gasteiger partial charge in [-0.2, -0.15) is 0 Å². The Kier molecular flexibility index (Phi) is 8.11. The number of fused-ring (bicyclic) bond motifs is 6. The number of ether oxygens (including phenoxy) is 2. The first-order chi connectivity index (χ1) is 28.7. The smallest absolute Gasteiger partial charge is 0.194 e. The van der Waals surface area contributed by atoms with Gasteiger partial charge in [0.15, 0.2) is 23.0 Å². The summed E-state index contributed by atoms with van der Waals surface area (Å²) in [6.07, 6.45) is 0. The fraction of sp³-hybridized carbons (Fsp3) is 0. The van der Waals surface area contributed by atoms with Crippen molar-refractivity contribution in [3.05, 3.63) is 218 Å². The minimum atomic E-state index is 0.705. The molecule has 4 heteroatoms. The summed E-state index contributed by atoms with van der Waals surface area (Å²) >= 11 is 0. The predicted octanol–water partition coefficient (Wildman–Crippen LogP) is 15.2. The van der Waals surface area contributed by atoms with E-state index in [2.05, 4.69) is 191 Å². The van der Waals surface area contributed by atoms with Crippen LogP contribution in [0.15, 0.2) is 218 Å². The number of rotatable bonds is 7. The van der Waals surface area contributed by atoms with Crippen LogP contribution < -0.4 is 14.4 Å². The highest BCUT2D eigenvalue weighted by Gasteiger charge is 2.26. The third kappa shape index (κ3) is 5.87. The Balaban J connectivity index is 0.995. The van der Waals surface area contributed by atoms with E-state index < -0.39 is 0 Å². The Morgan fingerprint density at radius 3 is 1.33 bits per heavy atom. The van der Waals surface area contributed by atoms with Crippen molar-refractivity contribution in [1.29, 1.82) is 0 Å². The molecule has 0 unspecified atom stereocenters. The molecule has 0 spiro atoms. The molecule has 1 aliphatic rings. The van der Waals surface area contributed by atoms with Crippen LogP contribution in [0, 0.1) is 0 Å². The largest absolute Gasteiger partial charge is 0.449 e. The van der Waals surface area contributed by atoms with E-state index in [0.717, 1.165) is 67.2 Å². The monoisotopic (exact) mass is 744 g/mol. The molecule has 9 aromatic carbocycles. The number of hydrogen-bond acceptors (Lipinski definition) is 3. The highest BCUT2D eigenvalue weighted by molar-refractivity contribution is 6.13. The van der Waals surface area contributed by atoms with Gasteiger partial charge in [0.1, 0.15) is 5.52 Å². The number of nitrogens with zero attached hydrogens (tertiary/aromatic N) is 2. The molecule has 0 saturated heterocycles. The first-order valence-electron chi connectivity index (χ1n) is 19.6. The van der Waals surface area contributed by atoms with Crippen LogP contribution in [-0.4, -0.2) is 4.57 Å². The zero-order valence-corrected chi connectivity index (χ0v) is 31.5. The van der Waals surface area contributed by atoms with Gasteiger partial charge in [0.25, 0.3) is 0 Å². The summed E-state index contributed by atoms with van der Waals surface area (Å²) in [5.74, 6) is 2.85. The van der Waals surface area contributed by atoms with Crippen LogP contribution in [0.25, 0.3) is 60.9 Å². The lowest BCUT2D eigenvalue weighted by atomic mass is 10.0. The fourth-order valence-corrected chi connectivity index (χ4v) is 8.23. The van der Waals surface area contributed by atoms with Gasteiger partial charge in [-0.15, -0.1) is 0 Å². The molecule has 0 atom stereocenters. The molecule has 10 aromatic rings. The van der Waals surface area contributed by atoms with E-state index in [0.29, 0.717) is 11.5 Å². The second kappa shape index (κ2) is 14.0. The van der Waals surface area contributed by atoms with Gasteiger partial charge in [0.2, 0.25) is 0 Å². The fourth-order valence-electron chi connectivity index (χ4n) is 8.23. The second-order valence-electron chi connectivity index (χ2n) is 14.6. The summed E-state index contributed by atoms with van der Waals surface area (Å²) in [4.78, 5) is 2.33. The predicted molar refractivity (Wildman–Crippen MR) is 238 cm³/mol. The average molecular weight is 745 g/mol. The molecule has 2 heterocycles. The van der Waals surface area contributed by atoms with Gasteiger partial charge in [0.05, 0.1) is 5.52 Å². The zero-order valence-electron chi connectivity index (χ0n) is 31.5. The van der Waals surface area contributed by atoms with Crippen LogP contribution in [0.1, 0.15) is 0 Å². The minimum Gasteiger partial charge on any atom is -0.449 e. The third-order valence-corrected chi connectivity index (χ3v) is 11.1. The highest BCUT2D eigenvalue weighted by Crippen LogP contribution is 2.51. The Morgan fingerprint density at radius 2 is 0.776 bits per heavy atom. The summed E-state index contributed by atoms with van der Waals surface area (Å²) < 4.78 is 15.3. The van der Waals surface area contributed by atoms with Crippen molar-refractivity contribution in [2.24, 2.45) is 0 Å². The maximum Gasteiger partial charge on any atom is 0.194 e. The van der Waals surface area contributed by atoms with Crippen LogP contribution in [0.4, 0.5) is 17.1 Å². The summed E-state index contributed by atoms with van der Waals surface area (Å²) in [6.45, 7) is 0. The molecule has 1 aliphatic heterocycles. The van der Waals surface area contributed by atoms with Crippen LogP contribution in [0.2, 0.25) is 0 Å². The first kappa shape index (κ1) is 33.5. The Hall–Kier alpha value is -7.82. The van der Waals surface area contributed by atoms with E-state index >= 15 is 0 Å². The molecule has 0 saturated carbocycles. The third-order valence-electron chi connectivity index (χ3n) is 11.1. The molecular weight excluding hydrogens is 709 g/mol. The van der Waals surface area contributed by atoms with Gasteiger partial charge in [-0.25, -0.2) is 0 Å². The van der Waals surface area contributed by atoms with Gasteiger partial charge in [-0.1, -0.05) is 133 Å². The van der Waals surface area contributed by atoms with Gasteiger partial charge in [0, 0.05) is 33.5 Å². The lowest BCUT2D eigenvalue weighted by molar-refractivity contribution is 0.362. The molecule has 58 heavy (non-hydrogen) atoms. The van der Waals surface area contributed by atoms with Crippen molar-refractivity contribution in [2.45, 2.75) is 0 Å².